The number of carbonyl (C=O) groups excluding carboxylic acids is 1. The fraction of sp³-hybridized carbons (Fsp3) is 0.412. The van der Waals surface area contributed by atoms with Crippen molar-refractivity contribution in [2.45, 2.75) is 37.9 Å². The summed E-state index contributed by atoms with van der Waals surface area (Å²) in [4.78, 5) is 22.5. The normalized spacial score (nSPS) is 21.7. The molecule has 2 rings (SSSR count). The highest BCUT2D eigenvalue weighted by Crippen LogP contribution is 2.23. The van der Waals surface area contributed by atoms with Crippen molar-refractivity contribution in [1.82, 2.24) is 0 Å². The molecule has 5 heteroatoms. The lowest BCUT2D eigenvalue weighted by molar-refractivity contribution is -0.131. The average molecular weight is 304 g/mol. The van der Waals surface area contributed by atoms with Gasteiger partial charge in [0.25, 0.3) is 0 Å². The Morgan fingerprint density at radius 1 is 1.09 bits per heavy atom. The maximum Gasteiger partial charge on any atom is 0.338 e. The minimum Gasteiger partial charge on any atom is -0.478 e. The van der Waals surface area contributed by atoms with Crippen LogP contribution in [0.25, 0.3) is 6.08 Å². The Kier molecular flexibility index (Phi) is 5.72. The zero-order valence-electron chi connectivity index (χ0n) is 12.5. The molecule has 0 heterocycles. The van der Waals surface area contributed by atoms with Crippen molar-refractivity contribution in [2.75, 3.05) is 7.11 Å². The molecule has 0 aliphatic heterocycles. The van der Waals surface area contributed by atoms with Crippen LogP contribution in [0.15, 0.2) is 30.3 Å². The maximum atomic E-state index is 12.1. The van der Waals surface area contributed by atoms with E-state index in [0.717, 1.165) is 37.3 Å². The number of hydrogen-bond acceptors (Lipinski definition) is 4. The molecular weight excluding hydrogens is 284 g/mol. The molecule has 5 nitrogen and oxygen atoms in total. The molecule has 0 saturated heterocycles. The number of ether oxygens (including phenoxy) is 2. The predicted octanol–water partition coefficient (Wildman–Crippen LogP) is 2.90. The van der Waals surface area contributed by atoms with Gasteiger partial charge in [0.05, 0.1) is 11.7 Å². The summed E-state index contributed by atoms with van der Waals surface area (Å²) in [5.74, 6) is -1.34. The molecule has 1 N–H and O–H groups in total. The number of aliphatic carboxylic acids is 1. The Morgan fingerprint density at radius 2 is 1.68 bits per heavy atom. The molecule has 22 heavy (non-hydrogen) atoms. The summed E-state index contributed by atoms with van der Waals surface area (Å²) in [6, 6.07) is 6.67. The van der Waals surface area contributed by atoms with Crippen LogP contribution >= 0.6 is 0 Å². The molecule has 0 aromatic heterocycles. The Morgan fingerprint density at radius 3 is 2.23 bits per heavy atom. The van der Waals surface area contributed by atoms with Crippen LogP contribution in [0.2, 0.25) is 0 Å². The smallest absolute Gasteiger partial charge is 0.338 e. The molecule has 1 aromatic carbocycles. The first-order valence-corrected chi connectivity index (χ1v) is 7.33. The van der Waals surface area contributed by atoms with E-state index in [0.29, 0.717) is 5.56 Å². The molecule has 118 valence electrons. The van der Waals surface area contributed by atoms with E-state index in [-0.39, 0.29) is 18.2 Å². The number of carbonyl (C=O) groups is 2. The lowest BCUT2D eigenvalue weighted by atomic mass is 9.95. The fourth-order valence-electron chi connectivity index (χ4n) is 2.50. The zero-order valence-corrected chi connectivity index (χ0v) is 12.5. The minimum atomic E-state index is -1.00. The Balaban J connectivity index is 1.89. The average Bonchev–Trinajstić information content (AvgIpc) is 2.54. The second kappa shape index (κ2) is 7.75. The van der Waals surface area contributed by atoms with E-state index in [1.54, 1.807) is 31.4 Å². The third-order valence-corrected chi connectivity index (χ3v) is 3.79. The van der Waals surface area contributed by atoms with Gasteiger partial charge >= 0.3 is 11.9 Å². The van der Waals surface area contributed by atoms with Crippen molar-refractivity contribution in [1.29, 1.82) is 0 Å². The summed E-state index contributed by atoms with van der Waals surface area (Å²) >= 11 is 0. The summed E-state index contributed by atoms with van der Waals surface area (Å²) in [5.41, 5.74) is 1.20. The highest BCUT2D eigenvalue weighted by Gasteiger charge is 2.24. The standard InChI is InChI=1S/C17H20O5/c1-21-14-7-9-15(10-8-14)22-17(20)13-5-2-12(3-6-13)4-11-16(18)19/h2-6,11,14-15H,7-10H2,1H3,(H,18,19). The number of methoxy groups -OCH3 is 1. The molecular formula is C17H20O5. The van der Waals surface area contributed by atoms with Crippen LogP contribution in [0, 0.1) is 0 Å². The Hall–Kier alpha value is -2.14. The van der Waals surface area contributed by atoms with Gasteiger partial charge in [0.1, 0.15) is 6.10 Å². The van der Waals surface area contributed by atoms with Crippen LogP contribution in [0.5, 0.6) is 0 Å². The van der Waals surface area contributed by atoms with E-state index >= 15 is 0 Å². The predicted molar refractivity (Wildman–Crippen MR) is 81.6 cm³/mol. The van der Waals surface area contributed by atoms with Gasteiger partial charge in [-0.2, -0.15) is 0 Å². The maximum absolute atomic E-state index is 12.1. The first kappa shape index (κ1) is 16.2. The van der Waals surface area contributed by atoms with Crippen molar-refractivity contribution >= 4 is 18.0 Å². The fourth-order valence-corrected chi connectivity index (χ4v) is 2.50. The largest absolute Gasteiger partial charge is 0.478 e. The van der Waals surface area contributed by atoms with Gasteiger partial charge in [-0.1, -0.05) is 12.1 Å². The van der Waals surface area contributed by atoms with Crippen LogP contribution < -0.4 is 0 Å². The van der Waals surface area contributed by atoms with Gasteiger partial charge in [0.15, 0.2) is 0 Å². The van der Waals surface area contributed by atoms with Gasteiger partial charge in [-0.3, -0.25) is 0 Å². The second-order valence-electron chi connectivity index (χ2n) is 5.33. The van der Waals surface area contributed by atoms with Crippen LogP contribution in [0.4, 0.5) is 0 Å². The van der Waals surface area contributed by atoms with Gasteiger partial charge in [0, 0.05) is 13.2 Å². The molecule has 1 aliphatic rings. The molecule has 1 aromatic rings. The first-order valence-electron chi connectivity index (χ1n) is 7.33. The van der Waals surface area contributed by atoms with Gasteiger partial charge in [-0.15, -0.1) is 0 Å². The van der Waals surface area contributed by atoms with Crippen molar-refractivity contribution in [3.63, 3.8) is 0 Å². The Labute approximate surface area is 129 Å². The van der Waals surface area contributed by atoms with Crippen LogP contribution in [0.1, 0.15) is 41.6 Å². The van der Waals surface area contributed by atoms with E-state index in [4.69, 9.17) is 14.6 Å². The molecule has 0 spiro atoms. The SMILES string of the molecule is COC1CCC(OC(=O)c2ccc(C=CC(=O)O)cc2)CC1. The molecule has 0 atom stereocenters. The summed E-state index contributed by atoms with van der Waals surface area (Å²) in [6.07, 6.45) is 6.22. The van der Waals surface area contributed by atoms with Gasteiger partial charge in [0.2, 0.25) is 0 Å². The quantitative estimate of drug-likeness (QED) is 0.669. The highest BCUT2D eigenvalue weighted by atomic mass is 16.5. The first-order chi connectivity index (χ1) is 10.6. The monoisotopic (exact) mass is 304 g/mol. The molecule has 0 bridgehead atoms. The Bertz CT molecular complexity index is 539. The van der Waals surface area contributed by atoms with Gasteiger partial charge in [-0.05, 0) is 49.5 Å². The molecule has 1 saturated carbocycles. The minimum absolute atomic E-state index is 0.0505. The highest BCUT2D eigenvalue weighted by molar-refractivity contribution is 5.90. The van der Waals surface area contributed by atoms with Crippen molar-refractivity contribution in [2.24, 2.45) is 0 Å². The number of hydrogen-bond donors (Lipinski definition) is 1. The van der Waals surface area contributed by atoms with Crippen molar-refractivity contribution in [3.8, 4) is 0 Å². The number of esters is 1. The van der Waals surface area contributed by atoms with Crippen molar-refractivity contribution in [3.05, 3.63) is 41.5 Å². The summed E-state index contributed by atoms with van der Waals surface area (Å²) in [5, 5.41) is 8.57. The van der Waals surface area contributed by atoms with Crippen LogP contribution in [0.3, 0.4) is 0 Å². The lowest BCUT2D eigenvalue weighted by Crippen LogP contribution is -2.27. The van der Waals surface area contributed by atoms with E-state index < -0.39 is 5.97 Å². The summed E-state index contributed by atoms with van der Waals surface area (Å²) < 4.78 is 10.8. The third-order valence-electron chi connectivity index (χ3n) is 3.79. The van der Waals surface area contributed by atoms with Gasteiger partial charge < -0.3 is 14.6 Å². The van der Waals surface area contributed by atoms with Gasteiger partial charge in [-0.25, -0.2) is 9.59 Å². The third kappa shape index (κ3) is 4.70. The molecule has 0 amide bonds. The number of carboxylic acids is 1. The van der Waals surface area contributed by atoms with E-state index in [9.17, 15) is 9.59 Å². The molecule has 0 radical (unpaired) electrons. The van der Waals surface area contributed by atoms with E-state index in [1.165, 1.54) is 6.08 Å². The summed E-state index contributed by atoms with van der Waals surface area (Å²) in [7, 11) is 1.71. The van der Waals surface area contributed by atoms with E-state index in [1.807, 2.05) is 0 Å². The lowest BCUT2D eigenvalue weighted by Gasteiger charge is -2.27. The topological polar surface area (TPSA) is 72.8 Å². The van der Waals surface area contributed by atoms with Crippen molar-refractivity contribution < 1.29 is 24.2 Å². The zero-order chi connectivity index (χ0) is 15.9. The number of benzene rings is 1. The molecule has 1 fully saturated rings. The second-order valence-corrected chi connectivity index (χ2v) is 5.33. The number of rotatable bonds is 5. The molecule has 0 unspecified atom stereocenters. The number of carboxylic acid groups (broad SMARTS) is 1. The van der Waals surface area contributed by atoms with Crippen LogP contribution in [-0.2, 0) is 14.3 Å². The summed E-state index contributed by atoms with van der Waals surface area (Å²) in [6.45, 7) is 0. The van der Waals surface area contributed by atoms with E-state index in [2.05, 4.69) is 0 Å². The molecule has 1 aliphatic carbocycles. The van der Waals surface area contributed by atoms with Crippen LogP contribution in [-0.4, -0.2) is 36.4 Å².